The maximum Gasteiger partial charge on any atom is 0.311 e. The molecule has 17 nitrogen and oxygen atoms in total. The van der Waals surface area contributed by atoms with Crippen LogP contribution < -0.4 is 0 Å². The van der Waals surface area contributed by atoms with E-state index >= 15 is 0 Å². The lowest BCUT2D eigenvalue weighted by atomic mass is 9.73. The minimum Gasteiger partial charge on any atom is -0.459 e. The second kappa shape index (κ2) is 21.7. The van der Waals surface area contributed by atoms with Gasteiger partial charge in [0.1, 0.15) is 23.9 Å². The van der Waals surface area contributed by atoms with Crippen LogP contribution in [-0.2, 0) is 42.8 Å². The first-order valence-electron chi connectivity index (χ1n) is 21.3. The van der Waals surface area contributed by atoms with E-state index in [0.717, 1.165) is 0 Å². The number of rotatable bonds is 13. The Labute approximate surface area is 352 Å². The molecule has 0 aromatic rings. The summed E-state index contributed by atoms with van der Waals surface area (Å²) >= 11 is 0. The lowest BCUT2D eigenvalue weighted by Crippen LogP contribution is -2.61. The third kappa shape index (κ3) is 12.8. The van der Waals surface area contributed by atoms with Crippen LogP contribution in [0.25, 0.3) is 0 Å². The molecule has 0 aromatic heterocycles. The molecule has 59 heavy (non-hydrogen) atoms. The second-order valence-corrected chi connectivity index (χ2v) is 18.5. The van der Waals surface area contributed by atoms with Gasteiger partial charge in [-0.15, -0.1) is 0 Å². The van der Waals surface area contributed by atoms with Gasteiger partial charge in [0.25, 0.3) is 0 Å². The highest BCUT2D eigenvalue weighted by atomic mass is 16.7. The first-order valence-corrected chi connectivity index (χ1v) is 21.3. The van der Waals surface area contributed by atoms with Crippen LogP contribution in [0.3, 0.4) is 0 Å². The summed E-state index contributed by atoms with van der Waals surface area (Å²) in [7, 11) is 9.07. The summed E-state index contributed by atoms with van der Waals surface area (Å²) in [5.74, 6) is -4.10. The van der Waals surface area contributed by atoms with Crippen LogP contribution in [0, 0.1) is 23.7 Å². The average Bonchev–Trinajstić information content (AvgIpc) is 3.15. The molecule has 0 amide bonds. The van der Waals surface area contributed by atoms with Crippen LogP contribution in [0.5, 0.6) is 0 Å². The molecule has 0 aliphatic carbocycles. The maximum absolute atomic E-state index is 14.3. The zero-order chi connectivity index (χ0) is 44.8. The van der Waals surface area contributed by atoms with Crippen LogP contribution in [0.4, 0.5) is 0 Å². The number of nitrogens with zero attached hydrogens (tertiary/aromatic N) is 3. The Morgan fingerprint density at radius 1 is 0.898 bits per heavy atom. The van der Waals surface area contributed by atoms with E-state index in [1.165, 1.54) is 14.0 Å². The zero-order valence-corrected chi connectivity index (χ0v) is 38.4. The number of methoxy groups -OCH3 is 1. The maximum atomic E-state index is 14.3. The highest BCUT2D eigenvalue weighted by Crippen LogP contribution is 2.41. The Kier molecular flexibility index (Phi) is 19.0. The molecular formula is C42H79N3O14. The minimum atomic E-state index is -1.96. The Morgan fingerprint density at radius 3 is 2.12 bits per heavy atom. The van der Waals surface area contributed by atoms with Crippen molar-refractivity contribution in [2.75, 3.05) is 55.2 Å². The number of carbonyl (C=O) groups excluding carboxylic acids is 1. The lowest BCUT2D eigenvalue weighted by Gasteiger charge is -2.49. The van der Waals surface area contributed by atoms with Gasteiger partial charge in [-0.05, 0) is 89.0 Å². The van der Waals surface area contributed by atoms with Crippen LogP contribution in [0.2, 0.25) is 0 Å². The molecule has 0 spiro atoms. The molecule has 3 rings (SSSR count). The molecule has 3 fully saturated rings. The van der Waals surface area contributed by atoms with Crippen LogP contribution >= 0.6 is 0 Å². The second-order valence-electron chi connectivity index (χ2n) is 18.5. The van der Waals surface area contributed by atoms with Gasteiger partial charge < -0.3 is 73.3 Å². The molecule has 3 saturated heterocycles. The van der Waals surface area contributed by atoms with Gasteiger partial charge in [-0.2, -0.15) is 0 Å². The number of hydrogen-bond acceptors (Lipinski definition) is 17. The van der Waals surface area contributed by atoms with Crippen LogP contribution in [-0.4, -0.2) is 187 Å². The highest BCUT2D eigenvalue weighted by Gasteiger charge is 2.53. The van der Waals surface area contributed by atoms with Crippen molar-refractivity contribution in [3.8, 4) is 0 Å². The Bertz CT molecular complexity index is 1340. The first kappa shape index (κ1) is 51.8. The lowest BCUT2D eigenvalue weighted by molar-refractivity contribution is -0.317. The summed E-state index contributed by atoms with van der Waals surface area (Å²) in [6.45, 7) is 17.9. The summed E-state index contributed by atoms with van der Waals surface area (Å²) in [4.78, 5) is 23.9. The van der Waals surface area contributed by atoms with Crippen molar-refractivity contribution >= 4 is 11.7 Å². The molecule has 2 unspecified atom stereocenters. The fourth-order valence-electron chi connectivity index (χ4n) is 9.04. The molecule has 0 radical (unpaired) electrons. The zero-order valence-electron chi connectivity index (χ0n) is 38.4. The number of aliphatic hydroxyl groups excluding tert-OH is 3. The predicted octanol–water partition coefficient (Wildman–Crippen LogP) is 2.12. The Hall–Kier alpha value is -1.58. The van der Waals surface area contributed by atoms with E-state index < -0.39 is 102 Å². The average molecular weight is 850 g/mol. The monoisotopic (exact) mass is 850 g/mol. The van der Waals surface area contributed by atoms with E-state index in [9.17, 15) is 30.3 Å². The summed E-state index contributed by atoms with van der Waals surface area (Å²) in [6, 6.07) is -0.324. The molecule has 3 aliphatic heterocycles. The fraction of sp³-hybridized carbons (Fsp3) is 0.952. The largest absolute Gasteiger partial charge is 0.459 e. The van der Waals surface area contributed by atoms with E-state index in [0.29, 0.717) is 25.3 Å². The Balaban J connectivity index is 2.21. The molecule has 18 atom stereocenters. The van der Waals surface area contributed by atoms with Crippen molar-refractivity contribution in [3.05, 3.63) is 0 Å². The van der Waals surface area contributed by atoms with Gasteiger partial charge in [0, 0.05) is 43.9 Å². The van der Waals surface area contributed by atoms with Crippen molar-refractivity contribution in [2.45, 2.75) is 179 Å². The van der Waals surface area contributed by atoms with Gasteiger partial charge in [-0.3, -0.25) is 4.79 Å². The molecule has 17 heteroatoms. The third-order valence-corrected chi connectivity index (χ3v) is 12.8. The van der Waals surface area contributed by atoms with Crippen molar-refractivity contribution in [1.82, 2.24) is 9.80 Å². The normalized spacial score (nSPS) is 45.4. The van der Waals surface area contributed by atoms with Gasteiger partial charge in [0.2, 0.25) is 6.79 Å². The molecule has 0 bridgehead atoms. The van der Waals surface area contributed by atoms with Crippen molar-refractivity contribution in [2.24, 2.45) is 28.8 Å². The van der Waals surface area contributed by atoms with Crippen molar-refractivity contribution in [3.63, 3.8) is 0 Å². The topological polar surface area (TPSA) is 211 Å². The van der Waals surface area contributed by atoms with E-state index in [4.69, 9.17) is 38.0 Å². The van der Waals surface area contributed by atoms with E-state index in [-0.39, 0.29) is 38.2 Å². The Morgan fingerprint density at radius 2 is 1.54 bits per heavy atom. The quantitative estimate of drug-likeness (QED) is 0.0778. The number of ether oxygens (including phenoxy) is 7. The summed E-state index contributed by atoms with van der Waals surface area (Å²) < 4.78 is 43.3. The van der Waals surface area contributed by atoms with Gasteiger partial charge in [-0.25, -0.2) is 0 Å². The molecule has 5 N–H and O–H groups in total. The van der Waals surface area contributed by atoms with E-state index in [1.807, 2.05) is 51.8 Å². The SMILES string of the molecule is CCC1OC(=O)[C@H](C)C(O[C@H]2C[C@@](C)(OC)[C@@H](O)[C@H](C)O2)[C@H](C)[C@@H](O[C@@H]2O[C@H](C)C[C@H](N(C)C)[C@H]2O)[C@](C)(O)C[C@@H](C)/C(=N\OCOCCN(C)C)[C@H](C)[C@@H](O)[C@]1(C)O. The van der Waals surface area contributed by atoms with E-state index in [1.54, 1.807) is 48.5 Å². The molecule has 3 heterocycles. The van der Waals surface area contributed by atoms with Gasteiger partial charge in [-0.1, -0.05) is 32.9 Å². The first-order chi connectivity index (χ1) is 27.3. The number of likely N-dealkylation sites (N-methyl/N-ethyl adjacent to an activating group) is 2. The fourth-order valence-corrected chi connectivity index (χ4v) is 9.04. The summed E-state index contributed by atoms with van der Waals surface area (Å²) in [6.07, 6.45) is -9.42. The predicted molar refractivity (Wildman–Crippen MR) is 219 cm³/mol. The molecule has 3 aliphatic rings. The number of carbonyl (C=O) groups is 1. The standard InChI is InChI=1S/C42H79N3O14/c1-16-30-42(10,51)35(47)25(4)32(43-54-22-53-18-17-44(11)12)23(2)20-40(8,50)37(59-39-33(46)29(45(13)14)19-24(3)55-39)26(5)34(27(6)38(49)57-30)58-31-21-41(9,52-15)36(48)28(7)56-31/h23-31,33-37,39,46-48,50-51H,16-22H2,1-15H3/b43-32+/t23-,24-,25+,26+,27-,28+,29+,30?,31+,33-,34?,35-,36+,37-,39+,40-,41-,42-/m1/s1. The number of cyclic esters (lactones) is 1. The van der Waals surface area contributed by atoms with Crippen molar-refractivity contribution in [1.29, 1.82) is 0 Å². The van der Waals surface area contributed by atoms with Crippen molar-refractivity contribution < 1.29 is 68.3 Å². The van der Waals surface area contributed by atoms with Crippen LogP contribution in [0.1, 0.15) is 94.9 Å². The smallest absolute Gasteiger partial charge is 0.311 e. The van der Waals surface area contributed by atoms with Crippen LogP contribution in [0.15, 0.2) is 5.16 Å². The summed E-state index contributed by atoms with van der Waals surface area (Å²) in [5.41, 5.74) is -4.46. The van der Waals surface area contributed by atoms with E-state index in [2.05, 4.69) is 5.16 Å². The third-order valence-electron chi connectivity index (χ3n) is 12.8. The molecule has 0 aromatic carbocycles. The summed E-state index contributed by atoms with van der Waals surface area (Å²) in [5, 5.41) is 63.7. The van der Waals surface area contributed by atoms with Gasteiger partial charge in [0.05, 0.1) is 60.0 Å². The molecule has 0 saturated carbocycles. The van der Waals surface area contributed by atoms with Gasteiger partial charge >= 0.3 is 5.97 Å². The molecular weight excluding hydrogens is 770 g/mol. The minimum absolute atomic E-state index is 0.0198. The van der Waals surface area contributed by atoms with Gasteiger partial charge in [0.15, 0.2) is 12.6 Å². The highest BCUT2D eigenvalue weighted by molar-refractivity contribution is 5.88. The number of oxime groups is 1. The number of hydrogen-bond donors (Lipinski definition) is 5. The molecule has 346 valence electrons. The number of aliphatic hydroxyl groups is 5. The number of esters is 1.